The number of esters is 1. The lowest BCUT2D eigenvalue weighted by Crippen LogP contribution is -2.15. The number of benzene rings is 3. The first-order valence-corrected chi connectivity index (χ1v) is 11.3. The Morgan fingerprint density at radius 2 is 1.84 bits per heavy atom. The van der Waals surface area contributed by atoms with Crippen LogP contribution >= 0.6 is 0 Å². The van der Waals surface area contributed by atoms with Crippen LogP contribution in [-0.2, 0) is 16.1 Å². The third-order valence-corrected chi connectivity index (χ3v) is 5.29. The molecule has 0 aliphatic heterocycles. The standard InChI is InChI=1S/C27H22FN5O5/c1-2-16-5-3-6-17(11-16)15-38-26(36)18-7-4-8-20(12-18)32-33-24(23(34)14-28)25(35)29-19-9-10-21-22(13-19)31-27(37)30-21/h2-13,34H,1,14-15H2,(H,29,35)(H2,30,31,37). The molecule has 3 aromatic carbocycles. The van der Waals surface area contributed by atoms with Crippen LogP contribution < -0.4 is 11.0 Å². The van der Waals surface area contributed by atoms with Gasteiger partial charge in [-0.25, -0.2) is 14.0 Å². The number of halogens is 1. The highest BCUT2D eigenvalue weighted by Crippen LogP contribution is 2.20. The van der Waals surface area contributed by atoms with Crippen LogP contribution in [0.4, 0.5) is 15.8 Å². The minimum Gasteiger partial charge on any atom is -0.507 e. The summed E-state index contributed by atoms with van der Waals surface area (Å²) < 4.78 is 18.6. The zero-order valence-electron chi connectivity index (χ0n) is 19.9. The molecular weight excluding hydrogens is 493 g/mol. The molecule has 192 valence electrons. The molecule has 11 heteroatoms. The number of fused-ring (bicyclic) bond motifs is 1. The van der Waals surface area contributed by atoms with E-state index >= 15 is 0 Å². The van der Waals surface area contributed by atoms with E-state index in [-0.39, 0.29) is 23.5 Å². The minimum atomic E-state index is -1.36. The van der Waals surface area contributed by atoms with Gasteiger partial charge in [-0.1, -0.05) is 36.9 Å². The second-order valence-electron chi connectivity index (χ2n) is 8.00. The molecule has 4 N–H and O–H groups in total. The Bertz CT molecular complexity index is 1640. The topological polar surface area (TPSA) is 149 Å². The van der Waals surface area contributed by atoms with E-state index in [2.05, 4.69) is 32.1 Å². The number of H-pyrrole nitrogens is 2. The number of imidazole rings is 1. The lowest BCUT2D eigenvalue weighted by Gasteiger charge is -2.07. The first-order chi connectivity index (χ1) is 18.4. The maximum atomic E-state index is 13.2. The average molecular weight is 516 g/mol. The molecule has 0 radical (unpaired) electrons. The lowest BCUT2D eigenvalue weighted by molar-refractivity contribution is -0.113. The highest BCUT2D eigenvalue weighted by molar-refractivity contribution is 6.04. The van der Waals surface area contributed by atoms with Crippen molar-refractivity contribution >= 4 is 40.4 Å². The van der Waals surface area contributed by atoms with Crippen LogP contribution in [-0.4, -0.2) is 33.6 Å². The normalized spacial score (nSPS) is 11.8. The van der Waals surface area contributed by atoms with Crippen LogP contribution in [0.25, 0.3) is 17.1 Å². The first kappa shape index (κ1) is 25.8. The van der Waals surface area contributed by atoms with Crippen molar-refractivity contribution in [1.82, 2.24) is 9.97 Å². The van der Waals surface area contributed by atoms with Crippen molar-refractivity contribution in [2.24, 2.45) is 10.2 Å². The molecule has 0 aliphatic rings. The van der Waals surface area contributed by atoms with Gasteiger partial charge in [-0.2, -0.15) is 5.11 Å². The van der Waals surface area contributed by atoms with Crippen LogP contribution in [0.5, 0.6) is 0 Å². The monoisotopic (exact) mass is 515 g/mol. The number of allylic oxidation sites excluding steroid dienone is 1. The molecule has 0 spiro atoms. The molecular formula is C27H22FN5O5. The summed E-state index contributed by atoms with van der Waals surface area (Å²) in [6, 6.07) is 17.9. The third-order valence-electron chi connectivity index (χ3n) is 5.29. The number of hydrogen-bond acceptors (Lipinski definition) is 7. The summed E-state index contributed by atoms with van der Waals surface area (Å²) in [5, 5.41) is 20.0. The number of amides is 1. The van der Waals surface area contributed by atoms with Crippen LogP contribution in [0.2, 0.25) is 0 Å². The van der Waals surface area contributed by atoms with E-state index in [1.807, 2.05) is 24.3 Å². The number of aliphatic hydroxyl groups excluding tert-OH is 1. The lowest BCUT2D eigenvalue weighted by atomic mass is 10.1. The van der Waals surface area contributed by atoms with Crippen LogP contribution in [0.1, 0.15) is 21.5 Å². The number of aliphatic hydroxyl groups is 1. The summed E-state index contributed by atoms with van der Waals surface area (Å²) in [6.45, 7) is 2.40. The largest absolute Gasteiger partial charge is 0.507 e. The van der Waals surface area contributed by atoms with Crippen molar-refractivity contribution in [3.8, 4) is 0 Å². The predicted molar refractivity (Wildman–Crippen MR) is 140 cm³/mol. The van der Waals surface area contributed by atoms with Crippen molar-refractivity contribution in [2.75, 3.05) is 12.0 Å². The second-order valence-corrected chi connectivity index (χ2v) is 8.00. The number of rotatable bonds is 9. The fourth-order valence-corrected chi connectivity index (χ4v) is 3.44. The fourth-order valence-electron chi connectivity index (χ4n) is 3.44. The number of carbonyl (C=O) groups excluding carboxylic acids is 2. The van der Waals surface area contributed by atoms with E-state index in [0.29, 0.717) is 11.0 Å². The number of ether oxygens (including phenoxy) is 1. The highest BCUT2D eigenvalue weighted by atomic mass is 19.1. The predicted octanol–water partition coefficient (Wildman–Crippen LogP) is 5.32. The molecule has 0 aliphatic carbocycles. The van der Waals surface area contributed by atoms with Gasteiger partial charge in [-0.15, -0.1) is 5.11 Å². The number of carbonyl (C=O) groups is 2. The number of aromatic amines is 2. The number of aromatic nitrogens is 2. The number of hydrogen-bond donors (Lipinski definition) is 4. The fraction of sp³-hybridized carbons (Fsp3) is 0.0741. The molecule has 0 atom stereocenters. The summed E-state index contributed by atoms with van der Waals surface area (Å²) in [5.41, 5.74) is 2.18. The van der Waals surface area contributed by atoms with E-state index in [0.717, 1.165) is 11.1 Å². The van der Waals surface area contributed by atoms with E-state index < -0.39 is 35.7 Å². The van der Waals surface area contributed by atoms with Gasteiger partial charge in [0.25, 0.3) is 5.91 Å². The number of azo groups is 1. The molecule has 0 saturated heterocycles. The van der Waals surface area contributed by atoms with Crippen molar-refractivity contribution in [1.29, 1.82) is 0 Å². The number of alkyl halides is 1. The quantitative estimate of drug-likeness (QED) is 0.103. The molecule has 4 rings (SSSR count). The Hall–Kier alpha value is -5.32. The van der Waals surface area contributed by atoms with Crippen molar-refractivity contribution in [2.45, 2.75) is 6.61 Å². The van der Waals surface area contributed by atoms with Gasteiger partial charge >= 0.3 is 11.7 Å². The smallest absolute Gasteiger partial charge is 0.338 e. The van der Waals surface area contributed by atoms with Crippen LogP contribution in [0, 0.1) is 0 Å². The van der Waals surface area contributed by atoms with Gasteiger partial charge in [0.15, 0.2) is 11.5 Å². The molecule has 0 saturated carbocycles. The SMILES string of the molecule is C=Cc1cccc(COC(=O)c2cccc(N=NC(C(=O)Nc3ccc4[nH]c(=O)[nH]c4c3)=C(O)CF)c2)c1. The first-order valence-electron chi connectivity index (χ1n) is 11.3. The summed E-state index contributed by atoms with van der Waals surface area (Å²) >= 11 is 0. The van der Waals surface area contributed by atoms with Crippen LogP contribution in [0.15, 0.2) is 99.8 Å². The number of nitrogens with one attached hydrogen (secondary N) is 3. The van der Waals surface area contributed by atoms with Gasteiger partial charge in [0, 0.05) is 5.69 Å². The van der Waals surface area contributed by atoms with Gasteiger partial charge in [-0.05, 0) is 53.6 Å². The highest BCUT2D eigenvalue weighted by Gasteiger charge is 2.17. The van der Waals surface area contributed by atoms with Crippen molar-refractivity contribution in [3.05, 3.63) is 112 Å². The van der Waals surface area contributed by atoms with E-state index in [9.17, 15) is 23.9 Å². The number of anilines is 1. The Morgan fingerprint density at radius 3 is 2.63 bits per heavy atom. The average Bonchev–Trinajstić information content (AvgIpc) is 3.31. The van der Waals surface area contributed by atoms with E-state index in [1.165, 1.54) is 36.4 Å². The summed E-state index contributed by atoms with van der Waals surface area (Å²) in [6.07, 6.45) is 1.69. The second kappa shape index (κ2) is 11.6. The van der Waals surface area contributed by atoms with Gasteiger partial charge < -0.3 is 25.1 Å². The van der Waals surface area contributed by atoms with Crippen LogP contribution in [0.3, 0.4) is 0 Å². The molecule has 1 aromatic heterocycles. The van der Waals surface area contributed by atoms with Crippen molar-refractivity contribution < 1.29 is 23.8 Å². The molecule has 0 unspecified atom stereocenters. The zero-order valence-corrected chi connectivity index (χ0v) is 19.9. The molecule has 4 aromatic rings. The molecule has 0 bridgehead atoms. The molecule has 10 nitrogen and oxygen atoms in total. The van der Waals surface area contributed by atoms with Gasteiger partial charge in [-0.3, -0.25) is 4.79 Å². The summed E-state index contributed by atoms with van der Waals surface area (Å²) in [7, 11) is 0. The maximum Gasteiger partial charge on any atom is 0.338 e. The zero-order chi connectivity index (χ0) is 27.1. The van der Waals surface area contributed by atoms with E-state index in [4.69, 9.17) is 4.74 Å². The van der Waals surface area contributed by atoms with Gasteiger partial charge in [0.2, 0.25) is 0 Å². The van der Waals surface area contributed by atoms with Crippen molar-refractivity contribution in [3.63, 3.8) is 0 Å². The summed E-state index contributed by atoms with van der Waals surface area (Å²) in [5.74, 6) is -2.47. The summed E-state index contributed by atoms with van der Waals surface area (Å²) in [4.78, 5) is 41.8. The van der Waals surface area contributed by atoms with Gasteiger partial charge in [0.1, 0.15) is 13.3 Å². The minimum absolute atomic E-state index is 0.0477. The maximum absolute atomic E-state index is 13.2. The third kappa shape index (κ3) is 6.26. The molecule has 1 amide bonds. The molecule has 1 heterocycles. The number of nitrogens with zero attached hydrogens (tertiary/aromatic N) is 2. The molecule has 0 fully saturated rings. The molecule has 38 heavy (non-hydrogen) atoms. The Balaban J connectivity index is 1.47. The van der Waals surface area contributed by atoms with Gasteiger partial charge in [0.05, 0.1) is 22.3 Å². The Kier molecular flexibility index (Phi) is 7.87. The van der Waals surface area contributed by atoms with E-state index in [1.54, 1.807) is 12.1 Å². The Labute approximate surface area is 215 Å². The Morgan fingerprint density at radius 1 is 1.05 bits per heavy atom.